The summed E-state index contributed by atoms with van der Waals surface area (Å²) in [5.74, 6) is -4.19. The first-order valence-electron chi connectivity index (χ1n) is 11.9. The molecule has 1 aromatic heterocycles. The van der Waals surface area contributed by atoms with Gasteiger partial charge in [0.2, 0.25) is 11.8 Å². The number of non-ortho nitro benzene ring substituents is 1. The summed E-state index contributed by atoms with van der Waals surface area (Å²) in [6.45, 7) is 2.29. The van der Waals surface area contributed by atoms with E-state index in [4.69, 9.17) is 0 Å². The van der Waals surface area contributed by atoms with Gasteiger partial charge in [-0.1, -0.05) is 44.1 Å². The summed E-state index contributed by atoms with van der Waals surface area (Å²) >= 11 is 1.29. The number of fused-ring (bicyclic) bond motifs is 1. The molecule has 0 saturated carbocycles. The number of carbonyl (C=O) groups is 3. The van der Waals surface area contributed by atoms with Crippen molar-refractivity contribution < 1.29 is 24.4 Å². The second-order valence-corrected chi connectivity index (χ2v) is 10.0. The van der Waals surface area contributed by atoms with Gasteiger partial charge in [-0.2, -0.15) is 0 Å². The van der Waals surface area contributed by atoms with E-state index in [9.17, 15) is 29.6 Å². The van der Waals surface area contributed by atoms with Crippen LogP contribution in [0.5, 0.6) is 0 Å². The molecule has 2 aliphatic rings. The molecule has 1 aromatic carbocycles. The fourth-order valence-corrected chi connectivity index (χ4v) is 5.87. The number of benzene rings is 1. The highest BCUT2D eigenvalue weighted by Gasteiger charge is 2.68. The van der Waals surface area contributed by atoms with Crippen molar-refractivity contribution in [3.63, 3.8) is 0 Å². The van der Waals surface area contributed by atoms with Crippen molar-refractivity contribution in [3.8, 4) is 0 Å². The van der Waals surface area contributed by atoms with Crippen LogP contribution in [0.3, 0.4) is 0 Å². The molecule has 4 rings (SSSR count). The number of nitro benzene ring substituents is 1. The van der Waals surface area contributed by atoms with Crippen LogP contribution in [-0.2, 0) is 20.8 Å². The number of rotatable bonds is 11. The highest BCUT2D eigenvalue weighted by molar-refractivity contribution is 7.09. The third-order valence-corrected chi connectivity index (χ3v) is 7.74. The smallest absolute Gasteiger partial charge is 0.325 e. The number of carboxylic acid groups (broad SMARTS) is 1. The molecule has 4 atom stereocenters. The lowest BCUT2D eigenvalue weighted by Gasteiger charge is -2.31. The molecule has 11 heteroatoms. The van der Waals surface area contributed by atoms with E-state index in [1.807, 2.05) is 12.2 Å². The maximum absolute atomic E-state index is 13.6. The maximum atomic E-state index is 13.6. The molecule has 10 nitrogen and oxygen atoms in total. The van der Waals surface area contributed by atoms with E-state index < -0.39 is 46.1 Å². The van der Waals surface area contributed by atoms with Crippen molar-refractivity contribution in [2.45, 2.75) is 50.6 Å². The Kier molecular flexibility index (Phi) is 7.60. The Bertz CT molecular complexity index is 1170. The van der Waals surface area contributed by atoms with Crippen LogP contribution in [0, 0.1) is 22.0 Å². The number of hydrogen-bond acceptors (Lipinski definition) is 8. The zero-order valence-corrected chi connectivity index (χ0v) is 20.6. The summed E-state index contributed by atoms with van der Waals surface area (Å²) in [5, 5.41) is 26.8. The van der Waals surface area contributed by atoms with Crippen molar-refractivity contribution in [1.82, 2.24) is 15.2 Å². The van der Waals surface area contributed by atoms with Crippen molar-refractivity contribution in [2.75, 3.05) is 6.54 Å². The van der Waals surface area contributed by atoms with Crippen LogP contribution in [0.25, 0.3) is 0 Å². The van der Waals surface area contributed by atoms with E-state index >= 15 is 0 Å². The third-order valence-electron chi connectivity index (χ3n) is 6.89. The lowest BCUT2D eigenvalue weighted by Crippen LogP contribution is -2.57. The number of imide groups is 1. The van der Waals surface area contributed by atoms with Crippen LogP contribution in [0.2, 0.25) is 0 Å². The second kappa shape index (κ2) is 10.7. The molecular weight excluding hydrogens is 484 g/mol. The molecule has 2 aromatic rings. The summed E-state index contributed by atoms with van der Waals surface area (Å²) in [5.41, 5.74) is -1.38. The molecule has 0 spiro atoms. The van der Waals surface area contributed by atoms with Crippen LogP contribution in [-0.4, -0.2) is 49.8 Å². The minimum Gasteiger partial charge on any atom is -0.480 e. The fraction of sp³-hybridized carbons (Fsp3) is 0.440. The molecule has 2 amide bonds. The van der Waals surface area contributed by atoms with Gasteiger partial charge in [-0.3, -0.25) is 34.7 Å². The first kappa shape index (κ1) is 25.6. The predicted molar refractivity (Wildman–Crippen MR) is 132 cm³/mol. The van der Waals surface area contributed by atoms with Gasteiger partial charge in [0.25, 0.3) is 5.69 Å². The Morgan fingerprint density at radius 2 is 1.97 bits per heavy atom. The number of aromatic nitrogens is 1. The van der Waals surface area contributed by atoms with E-state index in [1.54, 1.807) is 11.6 Å². The zero-order valence-electron chi connectivity index (χ0n) is 19.8. The number of carboxylic acids is 1. The molecule has 2 N–H and O–H groups in total. The summed E-state index contributed by atoms with van der Waals surface area (Å²) in [6.07, 6.45) is 9.01. The van der Waals surface area contributed by atoms with Gasteiger partial charge in [0, 0.05) is 36.7 Å². The Labute approximate surface area is 212 Å². The molecule has 36 heavy (non-hydrogen) atoms. The lowest BCUT2D eigenvalue weighted by atomic mass is 9.76. The van der Waals surface area contributed by atoms with Gasteiger partial charge < -0.3 is 5.11 Å². The van der Waals surface area contributed by atoms with Gasteiger partial charge in [0.05, 0.1) is 22.8 Å². The lowest BCUT2D eigenvalue weighted by molar-refractivity contribution is -0.384. The molecule has 0 aliphatic carbocycles. The number of carbonyl (C=O) groups excluding carboxylic acids is 2. The topological polar surface area (TPSA) is 143 Å². The maximum Gasteiger partial charge on any atom is 0.325 e. The number of aliphatic carboxylic acids is 1. The molecule has 190 valence electrons. The Morgan fingerprint density at radius 1 is 1.25 bits per heavy atom. The van der Waals surface area contributed by atoms with E-state index in [0.717, 1.165) is 19.3 Å². The first-order valence-corrected chi connectivity index (χ1v) is 12.8. The highest BCUT2D eigenvalue weighted by atomic mass is 32.1. The molecule has 4 unspecified atom stereocenters. The van der Waals surface area contributed by atoms with Crippen molar-refractivity contribution in [3.05, 3.63) is 68.7 Å². The highest BCUT2D eigenvalue weighted by Crippen LogP contribution is 2.50. The molecule has 2 saturated heterocycles. The number of thiazole rings is 1. The van der Waals surface area contributed by atoms with E-state index in [1.165, 1.54) is 40.5 Å². The summed E-state index contributed by atoms with van der Waals surface area (Å²) < 4.78 is 0. The van der Waals surface area contributed by atoms with Gasteiger partial charge in [0.1, 0.15) is 10.5 Å². The standard InChI is InChI=1S/C25H28N4O6S/c1-2-3-4-5-6-7-13-28-22(30)18-19(23(28)31)25(24(32)33,27-20(18)21-26-12-14-36-21)15-16-8-10-17(11-9-16)29(34)35/h5-6,8-12,14,18-20,27H,2-4,7,13,15H2,1H3,(H,32,33). The summed E-state index contributed by atoms with van der Waals surface area (Å²) in [4.78, 5) is 55.9. The van der Waals surface area contributed by atoms with Crippen molar-refractivity contribution in [2.24, 2.45) is 11.8 Å². The van der Waals surface area contributed by atoms with Gasteiger partial charge in [-0.15, -0.1) is 11.3 Å². The number of amides is 2. The van der Waals surface area contributed by atoms with Gasteiger partial charge in [-0.05, 0) is 18.4 Å². The van der Waals surface area contributed by atoms with Crippen LogP contribution in [0.4, 0.5) is 5.69 Å². The van der Waals surface area contributed by atoms with Gasteiger partial charge >= 0.3 is 5.97 Å². The van der Waals surface area contributed by atoms with Gasteiger partial charge in [-0.25, -0.2) is 4.98 Å². The number of allylic oxidation sites excluding steroid dienone is 1. The average molecular weight is 513 g/mol. The molecule has 0 radical (unpaired) electrons. The number of hydrogen-bond donors (Lipinski definition) is 2. The van der Waals surface area contributed by atoms with Crippen LogP contribution >= 0.6 is 11.3 Å². The SMILES string of the molecule is CCCCC=CCCN1C(=O)C2C(c3nccs3)NC(Cc3ccc([N+](=O)[O-])cc3)(C(=O)O)C2C1=O. The first-order chi connectivity index (χ1) is 17.3. The Hall–Kier alpha value is -3.44. The van der Waals surface area contributed by atoms with E-state index in [0.29, 0.717) is 17.0 Å². The van der Waals surface area contributed by atoms with Crippen molar-refractivity contribution >= 4 is 34.8 Å². The molecule has 2 aliphatic heterocycles. The molecular formula is C25H28N4O6S. The number of nitro groups is 1. The van der Waals surface area contributed by atoms with Crippen LogP contribution in [0.1, 0.15) is 49.2 Å². The molecule has 0 bridgehead atoms. The Morgan fingerprint density at radius 3 is 2.58 bits per heavy atom. The normalized spacial score (nSPS) is 25.6. The van der Waals surface area contributed by atoms with Crippen LogP contribution in [0.15, 0.2) is 48.0 Å². The van der Waals surface area contributed by atoms with Crippen molar-refractivity contribution in [1.29, 1.82) is 0 Å². The monoisotopic (exact) mass is 512 g/mol. The minimum atomic E-state index is -1.77. The number of nitrogens with one attached hydrogen (secondary N) is 1. The summed E-state index contributed by atoms with van der Waals surface area (Å²) in [7, 11) is 0. The number of unbranched alkanes of at least 4 members (excludes halogenated alkanes) is 2. The molecule has 3 heterocycles. The van der Waals surface area contributed by atoms with E-state index in [2.05, 4.69) is 17.2 Å². The molecule has 2 fully saturated rings. The fourth-order valence-electron chi connectivity index (χ4n) is 5.14. The van der Waals surface area contributed by atoms with Crippen LogP contribution < -0.4 is 5.32 Å². The predicted octanol–water partition coefficient (Wildman–Crippen LogP) is 3.50. The number of nitrogens with zero attached hydrogens (tertiary/aromatic N) is 3. The summed E-state index contributed by atoms with van der Waals surface area (Å²) in [6, 6.07) is 4.83. The number of likely N-dealkylation sites (tertiary alicyclic amines) is 1. The van der Waals surface area contributed by atoms with Gasteiger partial charge in [0.15, 0.2) is 0 Å². The third kappa shape index (κ3) is 4.68. The zero-order chi connectivity index (χ0) is 25.9. The second-order valence-electron chi connectivity index (χ2n) is 9.10. The quantitative estimate of drug-likeness (QED) is 0.153. The van der Waals surface area contributed by atoms with E-state index in [-0.39, 0.29) is 18.7 Å². The average Bonchev–Trinajstić information content (AvgIpc) is 3.55. The minimum absolute atomic E-state index is 0.118. The largest absolute Gasteiger partial charge is 0.480 e. The Balaban J connectivity index is 1.66.